The summed E-state index contributed by atoms with van der Waals surface area (Å²) in [6, 6.07) is 76.6. The zero-order valence-corrected chi connectivity index (χ0v) is 31.5. The van der Waals surface area contributed by atoms with Gasteiger partial charge in [0.1, 0.15) is 0 Å². The summed E-state index contributed by atoms with van der Waals surface area (Å²) in [5.41, 5.74) is 13.2. The summed E-state index contributed by atoms with van der Waals surface area (Å²) in [4.78, 5) is 2.33. The lowest BCUT2D eigenvalue weighted by atomic mass is 9.87. The van der Waals surface area contributed by atoms with Gasteiger partial charge in [-0.25, -0.2) is 0 Å². The van der Waals surface area contributed by atoms with Crippen molar-refractivity contribution in [3.05, 3.63) is 223 Å². The van der Waals surface area contributed by atoms with Crippen LogP contribution in [-0.4, -0.2) is 0 Å². The lowest BCUT2D eigenvalue weighted by molar-refractivity contribution is 1.29. The van der Waals surface area contributed by atoms with Crippen LogP contribution in [-0.2, 0) is 0 Å². The molecule has 0 saturated heterocycles. The second-order valence-corrected chi connectivity index (χ2v) is 15.2. The third-order valence-corrected chi connectivity index (χ3v) is 11.8. The third-order valence-electron chi connectivity index (χ3n) is 10.7. The lowest BCUT2D eigenvalue weighted by Gasteiger charge is -2.25. The molecule has 0 saturated carbocycles. The largest absolute Gasteiger partial charge is 0.310 e. The first-order chi connectivity index (χ1) is 27.8. The van der Waals surface area contributed by atoms with Crippen molar-refractivity contribution in [1.29, 1.82) is 0 Å². The number of benzene rings is 9. The molecular formula is C54H37NS. The summed E-state index contributed by atoms with van der Waals surface area (Å²) in [6.07, 6.45) is 4.45. The topological polar surface area (TPSA) is 3.24 Å². The van der Waals surface area contributed by atoms with Crippen molar-refractivity contribution in [3.8, 4) is 33.4 Å². The molecule has 10 rings (SSSR count). The maximum absolute atomic E-state index is 2.33. The average molecular weight is 732 g/mol. The molecule has 264 valence electrons. The molecule has 0 fully saturated rings. The zero-order valence-electron chi connectivity index (χ0n) is 30.7. The first-order valence-corrected chi connectivity index (χ1v) is 19.9. The van der Waals surface area contributed by atoms with Crippen LogP contribution in [0.15, 0.2) is 212 Å². The molecule has 0 radical (unpaired) electrons. The normalized spacial score (nSPS) is 11.5. The van der Waals surface area contributed by atoms with Crippen LogP contribution in [0.1, 0.15) is 11.1 Å². The van der Waals surface area contributed by atoms with Crippen molar-refractivity contribution in [3.63, 3.8) is 0 Å². The van der Waals surface area contributed by atoms with E-state index in [2.05, 4.69) is 229 Å². The summed E-state index contributed by atoms with van der Waals surface area (Å²) >= 11 is 1.86. The maximum Gasteiger partial charge on any atom is 0.0476 e. The van der Waals surface area contributed by atoms with Crippen molar-refractivity contribution < 1.29 is 0 Å². The maximum atomic E-state index is 2.33. The number of para-hydroxylation sites is 2. The Hall–Kier alpha value is -7.00. The van der Waals surface area contributed by atoms with Gasteiger partial charge in [-0.05, 0) is 97.7 Å². The van der Waals surface area contributed by atoms with Crippen LogP contribution in [0.2, 0.25) is 0 Å². The van der Waals surface area contributed by atoms with E-state index >= 15 is 0 Å². The molecule has 1 aromatic heterocycles. The van der Waals surface area contributed by atoms with Crippen LogP contribution < -0.4 is 4.90 Å². The Balaban J connectivity index is 0.955. The Morgan fingerprint density at radius 1 is 0.321 bits per heavy atom. The van der Waals surface area contributed by atoms with Gasteiger partial charge in [0.05, 0.1) is 0 Å². The van der Waals surface area contributed by atoms with Crippen LogP contribution in [0.4, 0.5) is 17.1 Å². The summed E-state index contributed by atoms with van der Waals surface area (Å²) in [7, 11) is 0. The quantitative estimate of drug-likeness (QED) is 0.141. The molecule has 56 heavy (non-hydrogen) atoms. The molecule has 2 heteroatoms. The van der Waals surface area contributed by atoms with E-state index in [1.54, 1.807) is 0 Å². The monoisotopic (exact) mass is 731 g/mol. The van der Waals surface area contributed by atoms with Crippen LogP contribution in [0, 0.1) is 0 Å². The number of anilines is 3. The molecule has 0 spiro atoms. The zero-order chi connectivity index (χ0) is 37.3. The molecule has 0 unspecified atom stereocenters. The van der Waals surface area contributed by atoms with E-state index in [-0.39, 0.29) is 0 Å². The fourth-order valence-electron chi connectivity index (χ4n) is 7.97. The van der Waals surface area contributed by atoms with Crippen LogP contribution in [0.3, 0.4) is 0 Å². The molecule has 0 atom stereocenters. The van der Waals surface area contributed by atoms with Gasteiger partial charge in [-0.1, -0.05) is 182 Å². The van der Waals surface area contributed by atoms with Gasteiger partial charge >= 0.3 is 0 Å². The Labute approximate surface area is 331 Å². The number of thiophene rings is 1. The standard InChI is InChI=1S/C54H37NS/c1-5-14-40(15-6-1)47-22-13-23-51-46(34-35-48(54(47)51)41-16-7-2-8-17-41)42-29-26-38(27-30-42)24-25-39-28-32-49-50-33-31-45(37-53(50)56-52(49)36-39)55(43-18-9-3-10-19-43)44-20-11-4-12-21-44/h1-37H/b25-24+. The van der Waals surface area contributed by atoms with E-state index in [4.69, 9.17) is 0 Å². The minimum atomic E-state index is 1.14. The molecular weight excluding hydrogens is 695 g/mol. The van der Waals surface area contributed by atoms with Gasteiger partial charge in [0.15, 0.2) is 0 Å². The molecule has 1 heterocycles. The molecule has 0 amide bonds. The minimum Gasteiger partial charge on any atom is -0.310 e. The molecule has 10 aromatic rings. The summed E-state index contributed by atoms with van der Waals surface area (Å²) in [6.45, 7) is 0. The van der Waals surface area contributed by atoms with Crippen molar-refractivity contribution in [2.45, 2.75) is 0 Å². The number of hydrogen-bond donors (Lipinski definition) is 0. The molecule has 9 aromatic carbocycles. The minimum absolute atomic E-state index is 1.14. The number of hydrogen-bond acceptors (Lipinski definition) is 2. The van der Waals surface area contributed by atoms with E-state index < -0.39 is 0 Å². The van der Waals surface area contributed by atoms with Gasteiger partial charge in [-0.15, -0.1) is 11.3 Å². The highest BCUT2D eigenvalue weighted by Gasteiger charge is 2.16. The molecule has 0 N–H and O–H groups in total. The average Bonchev–Trinajstić information content (AvgIpc) is 3.64. The summed E-state index contributed by atoms with van der Waals surface area (Å²) in [5.74, 6) is 0. The van der Waals surface area contributed by atoms with E-state index in [0.29, 0.717) is 0 Å². The Morgan fingerprint density at radius 2 is 0.821 bits per heavy atom. The predicted molar refractivity (Wildman–Crippen MR) is 243 cm³/mol. The van der Waals surface area contributed by atoms with Crippen molar-refractivity contribution in [2.24, 2.45) is 0 Å². The SMILES string of the molecule is C(=C\c1ccc2c(c1)sc1cc(N(c3ccccc3)c3ccccc3)ccc12)/c1ccc(-c2ccc(-c3ccccc3)c3c(-c4ccccc4)cccc23)cc1. The molecule has 0 aliphatic rings. The Bertz CT molecular complexity index is 2900. The van der Waals surface area contributed by atoms with Crippen molar-refractivity contribution in [2.75, 3.05) is 4.90 Å². The highest BCUT2D eigenvalue weighted by molar-refractivity contribution is 7.25. The number of fused-ring (bicyclic) bond motifs is 4. The highest BCUT2D eigenvalue weighted by atomic mass is 32.1. The second-order valence-electron chi connectivity index (χ2n) is 14.1. The summed E-state index contributed by atoms with van der Waals surface area (Å²) < 4.78 is 2.58. The lowest BCUT2D eigenvalue weighted by Crippen LogP contribution is -2.09. The Kier molecular flexibility index (Phi) is 8.79. The number of rotatable bonds is 8. The van der Waals surface area contributed by atoms with Gasteiger partial charge in [0, 0.05) is 37.2 Å². The van der Waals surface area contributed by atoms with Gasteiger partial charge in [0.2, 0.25) is 0 Å². The van der Waals surface area contributed by atoms with Crippen LogP contribution in [0.5, 0.6) is 0 Å². The van der Waals surface area contributed by atoms with Crippen molar-refractivity contribution in [1.82, 2.24) is 0 Å². The van der Waals surface area contributed by atoms with Crippen molar-refractivity contribution >= 4 is 71.5 Å². The van der Waals surface area contributed by atoms with Crippen LogP contribution in [0.25, 0.3) is 76.5 Å². The third kappa shape index (κ3) is 6.36. The van der Waals surface area contributed by atoms with E-state index in [9.17, 15) is 0 Å². The van der Waals surface area contributed by atoms with E-state index in [1.807, 2.05) is 11.3 Å². The van der Waals surface area contributed by atoms with Gasteiger partial charge < -0.3 is 4.90 Å². The molecule has 1 nitrogen and oxygen atoms in total. The van der Waals surface area contributed by atoms with E-state index in [0.717, 1.165) is 17.1 Å². The van der Waals surface area contributed by atoms with Gasteiger partial charge in [-0.2, -0.15) is 0 Å². The molecule has 0 bridgehead atoms. The Morgan fingerprint density at radius 3 is 1.46 bits per heavy atom. The fraction of sp³-hybridized carbons (Fsp3) is 0. The second kappa shape index (κ2) is 14.7. The smallest absolute Gasteiger partial charge is 0.0476 e. The predicted octanol–water partition coefficient (Wildman–Crippen LogP) is 15.8. The molecule has 0 aliphatic heterocycles. The highest BCUT2D eigenvalue weighted by Crippen LogP contribution is 2.43. The van der Waals surface area contributed by atoms with Gasteiger partial charge in [0.25, 0.3) is 0 Å². The number of nitrogens with zero attached hydrogens (tertiary/aromatic N) is 1. The van der Waals surface area contributed by atoms with Gasteiger partial charge in [-0.3, -0.25) is 0 Å². The first-order valence-electron chi connectivity index (χ1n) is 19.1. The summed E-state index contributed by atoms with van der Waals surface area (Å²) in [5, 5.41) is 5.13. The van der Waals surface area contributed by atoms with Crippen LogP contribution >= 0.6 is 11.3 Å². The first kappa shape index (κ1) is 33.6. The van der Waals surface area contributed by atoms with E-state index in [1.165, 1.54) is 75.5 Å². The molecule has 0 aliphatic carbocycles. The fourth-order valence-corrected chi connectivity index (χ4v) is 9.16.